The van der Waals surface area contributed by atoms with Crippen molar-refractivity contribution in [2.75, 3.05) is 6.54 Å². The van der Waals surface area contributed by atoms with Gasteiger partial charge >= 0.3 is 0 Å². The lowest BCUT2D eigenvalue weighted by molar-refractivity contribution is 0.542. The Balaban J connectivity index is 2.35. The minimum absolute atomic E-state index is 0.104. The van der Waals surface area contributed by atoms with Crippen LogP contribution in [0.3, 0.4) is 0 Å². The summed E-state index contributed by atoms with van der Waals surface area (Å²) in [5.41, 5.74) is 3.17. The molecular formula is C17H18BrClFN. The highest BCUT2D eigenvalue weighted by molar-refractivity contribution is 9.10. The molecule has 0 saturated carbocycles. The van der Waals surface area contributed by atoms with Crippen molar-refractivity contribution >= 4 is 27.5 Å². The van der Waals surface area contributed by atoms with E-state index in [9.17, 15) is 4.39 Å². The maximum atomic E-state index is 13.7. The van der Waals surface area contributed by atoms with Crippen molar-refractivity contribution in [1.82, 2.24) is 5.32 Å². The summed E-state index contributed by atoms with van der Waals surface area (Å²) in [6, 6.07) is 11.2. The van der Waals surface area contributed by atoms with Gasteiger partial charge < -0.3 is 5.32 Å². The van der Waals surface area contributed by atoms with Crippen molar-refractivity contribution in [2.24, 2.45) is 0 Å². The van der Waals surface area contributed by atoms with Crippen LogP contribution in [0.25, 0.3) is 0 Å². The quantitative estimate of drug-likeness (QED) is 0.738. The van der Waals surface area contributed by atoms with Gasteiger partial charge in [0.05, 0.1) is 4.47 Å². The predicted molar refractivity (Wildman–Crippen MR) is 90.4 cm³/mol. The molecule has 1 N–H and O–H groups in total. The smallest absolute Gasteiger partial charge is 0.137 e. The second-order valence-corrected chi connectivity index (χ2v) is 6.18. The van der Waals surface area contributed by atoms with E-state index in [1.807, 2.05) is 25.1 Å². The fourth-order valence-corrected chi connectivity index (χ4v) is 3.07. The van der Waals surface area contributed by atoms with Gasteiger partial charge in [0.15, 0.2) is 0 Å². The first-order chi connectivity index (χ1) is 10.0. The molecule has 2 rings (SSSR count). The molecule has 0 aliphatic carbocycles. The Morgan fingerprint density at radius 1 is 1.24 bits per heavy atom. The molecule has 1 atom stereocenters. The number of benzene rings is 2. The number of nitrogens with one attached hydrogen (secondary N) is 1. The molecule has 0 fully saturated rings. The fourth-order valence-electron chi connectivity index (χ4n) is 2.47. The van der Waals surface area contributed by atoms with Gasteiger partial charge in [0, 0.05) is 11.1 Å². The molecule has 0 heterocycles. The molecule has 4 heteroatoms. The van der Waals surface area contributed by atoms with E-state index in [4.69, 9.17) is 11.6 Å². The Labute approximate surface area is 138 Å². The first-order valence-corrected chi connectivity index (χ1v) is 8.13. The third-order valence-electron chi connectivity index (χ3n) is 3.59. The van der Waals surface area contributed by atoms with Crippen LogP contribution >= 0.6 is 27.5 Å². The summed E-state index contributed by atoms with van der Waals surface area (Å²) in [6.07, 6.45) is 0.702. The zero-order valence-corrected chi connectivity index (χ0v) is 14.4. The van der Waals surface area contributed by atoms with Gasteiger partial charge in [-0.15, -0.1) is 0 Å². The predicted octanol–water partition coefficient (Wildman–Crippen LogP) is 5.44. The summed E-state index contributed by atoms with van der Waals surface area (Å²) < 4.78 is 14.2. The highest BCUT2D eigenvalue weighted by Gasteiger charge is 2.17. The summed E-state index contributed by atoms with van der Waals surface area (Å²) in [5, 5.41) is 4.22. The first-order valence-electron chi connectivity index (χ1n) is 6.95. The lowest BCUT2D eigenvalue weighted by Gasteiger charge is -2.22. The monoisotopic (exact) mass is 369 g/mol. The summed E-state index contributed by atoms with van der Waals surface area (Å²) in [5.74, 6) is -0.231. The molecule has 0 bridgehead atoms. The van der Waals surface area contributed by atoms with E-state index in [1.54, 1.807) is 6.07 Å². The van der Waals surface area contributed by atoms with Crippen molar-refractivity contribution in [2.45, 2.75) is 26.3 Å². The molecule has 0 aliphatic rings. The van der Waals surface area contributed by atoms with E-state index >= 15 is 0 Å². The normalized spacial score (nSPS) is 12.4. The maximum Gasteiger partial charge on any atom is 0.137 e. The van der Waals surface area contributed by atoms with Gasteiger partial charge in [-0.05, 0) is 64.6 Å². The average Bonchev–Trinajstić information content (AvgIpc) is 2.46. The second kappa shape index (κ2) is 7.39. The van der Waals surface area contributed by atoms with Gasteiger partial charge in [-0.1, -0.05) is 42.8 Å². The van der Waals surface area contributed by atoms with Crippen molar-refractivity contribution < 1.29 is 4.39 Å². The minimum atomic E-state index is -0.231. The number of hydrogen-bond acceptors (Lipinski definition) is 1. The fraction of sp³-hybridized carbons (Fsp3) is 0.294. The molecule has 2 aromatic carbocycles. The standard InChI is InChI=1S/C17H18BrClFN/c1-3-21-16(13-7-5-8-14(19)11(13)2)10-12-6-4-9-15(20)17(12)18/h4-9,16,21H,3,10H2,1-2H3. The maximum absolute atomic E-state index is 13.7. The number of hydrogen-bond donors (Lipinski definition) is 1. The summed E-state index contributed by atoms with van der Waals surface area (Å²) in [4.78, 5) is 0. The molecule has 0 radical (unpaired) electrons. The zero-order valence-electron chi connectivity index (χ0n) is 12.1. The van der Waals surface area contributed by atoms with Crippen LogP contribution in [0.2, 0.25) is 5.02 Å². The molecule has 0 amide bonds. The molecule has 112 valence electrons. The van der Waals surface area contributed by atoms with E-state index in [-0.39, 0.29) is 11.9 Å². The van der Waals surface area contributed by atoms with E-state index in [0.717, 1.165) is 28.3 Å². The van der Waals surface area contributed by atoms with Crippen molar-refractivity contribution in [1.29, 1.82) is 0 Å². The second-order valence-electron chi connectivity index (χ2n) is 4.98. The highest BCUT2D eigenvalue weighted by atomic mass is 79.9. The van der Waals surface area contributed by atoms with Gasteiger partial charge in [-0.2, -0.15) is 0 Å². The zero-order chi connectivity index (χ0) is 15.4. The highest BCUT2D eigenvalue weighted by Crippen LogP contribution is 2.29. The molecule has 21 heavy (non-hydrogen) atoms. The van der Waals surface area contributed by atoms with Crippen LogP contribution in [0.5, 0.6) is 0 Å². The Morgan fingerprint density at radius 2 is 1.95 bits per heavy atom. The molecule has 1 nitrogen and oxygen atoms in total. The van der Waals surface area contributed by atoms with Gasteiger partial charge in [0.25, 0.3) is 0 Å². The third kappa shape index (κ3) is 3.85. The van der Waals surface area contributed by atoms with Crippen molar-refractivity contribution in [3.63, 3.8) is 0 Å². The molecule has 0 aliphatic heterocycles. The summed E-state index contributed by atoms with van der Waals surface area (Å²) in [6.45, 7) is 4.92. The number of likely N-dealkylation sites (N-methyl/N-ethyl adjacent to an activating group) is 1. The van der Waals surface area contributed by atoms with Crippen LogP contribution in [-0.4, -0.2) is 6.54 Å². The Kier molecular flexibility index (Phi) is 5.80. The van der Waals surface area contributed by atoms with Gasteiger partial charge in [0.1, 0.15) is 5.82 Å². The summed E-state index contributed by atoms with van der Waals surface area (Å²) >= 11 is 9.56. The molecule has 0 spiro atoms. The molecule has 1 unspecified atom stereocenters. The Bertz CT molecular complexity index is 630. The van der Waals surface area contributed by atoms with E-state index in [0.29, 0.717) is 10.9 Å². The van der Waals surface area contributed by atoms with Crippen LogP contribution in [0.1, 0.15) is 29.7 Å². The van der Waals surface area contributed by atoms with E-state index < -0.39 is 0 Å². The van der Waals surface area contributed by atoms with E-state index in [2.05, 4.69) is 34.2 Å². The first kappa shape index (κ1) is 16.5. The van der Waals surface area contributed by atoms with Crippen LogP contribution in [0.4, 0.5) is 4.39 Å². The Hall–Kier alpha value is -0.900. The van der Waals surface area contributed by atoms with Crippen LogP contribution in [0, 0.1) is 12.7 Å². The molecule has 0 saturated heterocycles. The van der Waals surface area contributed by atoms with Gasteiger partial charge in [-0.25, -0.2) is 4.39 Å². The van der Waals surface area contributed by atoms with Gasteiger partial charge in [0.2, 0.25) is 0 Å². The minimum Gasteiger partial charge on any atom is -0.310 e. The SMILES string of the molecule is CCNC(Cc1cccc(F)c1Br)c1cccc(Cl)c1C. The van der Waals surface area contributed by atoms with Crippen LogP contribution in [0.15, 0.2) is 40.9 Å². The molecular weight excluding hydrogens is 353 g/mol. The number of rotatable bonds is 5. The lowest BCUT2D eigenvalue weighted by atomic mass is 9.95. The van der Waals surface area contributed by atoms with Crippen molar-refractivity contribution in [3.05, 3.63) is 68.4 Å². The van der Waals surface area contributed by atoms with Crippen LogP contribution in [-0.2, 0) is 6.42 Å². The lowest BCUT2D eigenvalue weighted by Crippen LogP contribution is -2.24. The summed E-state index contributed by atoms with van der Waals surface area (Å²) in [7, 11) is 0. The third-order valence-corrected chi connectivity index (χ3v) is 4.89. The topological polar surface area (TPSA) is 12.0 Å². The molecule has 0 aromatic heterocycles. The van der Waals surface area contributed by atoms with Crippen molar-refractivity contribution in [3.8, 4) is 0 Å². The van der Waals surface area contributed by atoms with E-state index in [1.165, 1.54) is 6.07 Å². The Morgan fingerprint density at radius 3 is 2.67 bits per heavy atom. The van der Waals surface area contributed by atoms with Gasteiger partial charge in [-0.3, -0.25) is 0 Å². The average molecular weight is 371 g/mol. The number of halogens is 3. The molecule has 2 aromatic rings. The largest absolute Gasteiger partial charge is 0.310 e. The van der Waals surface area contributed by atoms with Crippen LogP contribution < -0.4 is 5.32 Å².